The Morgan fingerprint density at radius 2 is 1.80 bits per heavy atom. The lowest BCUT2D eigenvalue weighted by Crippen LogP contribution is -2.53. The highest BCUT2D eigenvalue weighted by atomic mass is 32.2. The minimum Gasteiger partial charge on any atom is -0.399 e. The first kappa shape index (κ1) is 16.9. The van der Waals surface area contributed by atoms with Crippen LogP contribution in [0.1, 0.15) is 24.5 Å². The van der Waals surface area contributed by atoms with Gasteiger partial charge >= 0.3 is 0 Å². The normalized spacial score (nSPS) is 12.7. The summed E-state index contributed by atoms with van der Waals surface area (Å²) in [6.45, 7) is 4.18. The van der Waals surface area contributed by atoms with Gasteiger partial charge in [0.2, 0.25) is 10.0 Å². The van der Waals surface area contributed by atoms with Gasteiger partial charge in [-0.2, -0.15) is 0 Å². The molecule has 1 aromatic carbocycles. The van der Waals surface area contributed by atoms with Gasteiger partial charge in [0.15, 0.2) is 0 Å². The van der Waals surface area contributed by atoms with E-state index in [1.165, 1.54) is 6.07 Å². The molecule has 0 unspecified atom stereocenters. The minimum absolute atomic E-state index is 0.0646. The topological polar surface area (TPSA) is 113 Å². The fourth-order valence-electron chi connectivity index (χ4n) is 1.88. The first-order chi connectivity index (χ1) is 9.21. The van der Waals surface area contributed by atoms with Crippen LogP contribution in [-0.4, -0.2) is 37.4 Å². The van der Waals surface area contributed by atoms with Crippen LogP contribution >= 0.6 is 0 Å². The van der Waals surface area contributed by atoms with E-state index in [0.29, 0.717) is 11.3 Å². The average molecular weight is 302 g/mol. The van der Waals surface area contributed by atoms with Crippen molar-refractivity contribution in [2.45, 2.75) is 37.6 Å². The van der Waals surface area contributed by atoms with Crippen molar-refractivity contribution in [3.63, 3.8) is 0 Å². The number of sulfonamides is 1. The number of hydrogen-bond donors (Lipinski definition) is 4. The smallest absolute Gasteiger partial charge is 0.241 e. The van der Waals surface area contributed by atoms with Gasteiger partial charge in [-0.25, -0.2) is 13.1 Å². The molecular weight excluding hydrogens is 280 g/mol. The fourth-order valence-corrected chi connectivity index (χ4v) is 3.69. The summed E-state index contributed by atoms with van der Waals surface area (Å²) >= 11 is 0. The van der Waals surface area contributed by atoms with Gasteiger partial charge in [-0.05, 0) is 43.5 Å². The molecule has 1 aromatic rings. The lowest BCUT2D eigenvalue weighted by Gasteiger charge is -2.29. The Bertz CT molecular complexity index is 572. The standard InChI is InChI=1S/C13H22N2O4S/c1-4-13(7-16,8-17)15-20(18,19)12-6-11(14)5-9(2)10(12)3/h5-6,15-17H,4,7-8,14H2,1-3H3. The summed E-state index contributed by atoms with van der Waals surface area (Å²) in [7, 11) is -3.88. The number of nitrogen functional groups attached to an aromatic ring is 1. The number of rotatable bonds is 6. The third-order valence-corrected chi connectivity index (χ3v) is 5.27. The Hall–Kier alpha value is -1.15. The van der Waals surface area contributed by atoms with Crippen molar-refractivity contribution in [1.29, 1.82) is 0 Å². The lowest BCUT2D eigenvalue weighted by atomic mass is 10.0. The van der Waals surface area contributed by atoms with Crippen LogP contribution in [0.25, 0.3) is 0 Å². The molecule has 0 saturated carbocycles. The van der Waals surface area contributed by atoms with E-state index in [9.17, 15) is 18.6 Å². The predicted molar refractivity (Wildman–Crippen MR) is 77.8 cm³/mol. The Labute approximate surface area is 119 Å². The van der Waals surface area contributed by atoms with Crippen LogP contribution in [-0.2, 0) is 10.0 Å². The van der Waals surface area contributed by atoms with Gasteiger partial charge in [-0.15, -0.1) is 0 Å². The first-order valence-corrected chi connectivity index (χ1v) is 7.82. The van der Waals surface area contributed by atoms with Crippen LogP contribution in [0, 0.1) is 13.8 Å². The van der Waals surface area contributed by atoms with Crippen LogP contribution in [0.4, 0.5) is 5.69 Å². The maximum atomic E-state index is 12.5. The molecule has 0 fully saturated rings. The Balaban J connectivity index is 3.31. The molecule has 114 valence electrons. The summed E-state index contributed by atoms with van der Waals surface area (Å²) in [4.78, 5) is 0.0646. The molecule has 5 N–H and O–H groups in total. The highest BCUT2D eigenvalue weighted by Gasteiger charge is 2.33. The number of aryl methyl sites for hydroxylation is 1. The molecule has 0 radical (unpaired) electrons. The number of nitrogens with one attached hydrogen (secondary N) is 1. The van der Waals surface area contributed by atoms with E-state index in [0.717, 1.165) is 5.56 Å². The third-order valence-electron chi connectivity index (χ3n) is 3.56. The van der Waals surface area contributed by atoms with E-state index in [1.54, 1.807) is 26.8 Å². The number of anilines is 1. The molecule has 6 nitrogen and oxygen atoms in total. The van der Waals surface area contributed by atoms with E-state index < -0.39 is 28.8 Å². The molecule has 0 aliphatic carbocycles. The van der Waals surface area contributed by atoms with E-state index in [2.05, 4.69) is 4.72 Å². The summed E-state index contributed by atoms with van der Waals surface area (Å²) in [5.41, 5.74) is 6.13. The van der Waals surface area contributed by atoms with Gasteiger partial charge in [0, 0.05) is 5.69 Å². The van der Waals surface area contributed by atoms with Gasteiger partial charge in [-0.1, -0.05) is 6.92 Å². The number of aliphatic hydroxyl groups excluding tert-OH is 2. The molecule has 0 aromatic heterocycles. The average Bonchev–Trinajstić information content (AvgIpc) is 2.40. The van der Waals surface area contributed by atoms with Crippen LogP contribution in [0.3, 0.4) is 0 Å². The molecule has 1 rings (SSSR count). The van der Waals surface area contributed by atoms with Crippen molar-refractivity contribution < 1.29 is 18.6 Å². The zero-order valence-electron chi connectivity index (χ0n) is 12.0. The lowest BCUT2D eigenvalue weighted by molar-refractivity contribution is 0.105. The summed E-state index contributed by atoms with van der Waals surface area (Å²) in [5, 5.41) is 18.7. The van der Waals surface area contributed by atoms with Crippen molar-refractivity contribution in [1.82, 2.24) is 4.72 Å². The minimum atomic E-state index is -3.88. The Morgan fingerprint density at radius 1 is 1.25 bits per heavy atom. The van der Waals surface area contributed by atoms with Gasteiger partial charge in [0.25, 0.3) is 0 Å². The van der Waals surface area contributed by atoms with Gasteiger partial charge in [0.05, 0.1) is 23.6 Å². The molecule has 0 spiro atoms. The zero-order valence-corrected chi connectivity index (χ0v) is 12.8. The first-order valence-electron chi connectivity index (χ1n) is 6.34. The van der Waals surface area contributed by atoms with Crippen molar-refractivity contribution >= 4 is 15.7 Å². The Kier molecular flexibility index (Phi) is 5.15. The molecular formula is C13H22N2O4S. The van der Waals surface area contributed by atoms with Gasteiger partial charge < -0.3 is 15.9 Å². The highest BCUT2D eigenvalue weighted by Crippen LogP contribution is 2.24. The molecule has 0 saturated heterocycles. The monoisotopic (exact) mass is 302 g/mol. The quantitative estimate of drug-likeness (QED) is 0.564. The Morgan fingerprint density at radius 3 is 2.25 bits per heavy atom. The molecule has 0 heterocycles. The molecule has 0 aliphatic heterocycles. The third kappa shape index (κ3) is 3.29. The number of nitrogens with two attached hydrogens (primary N) is 1. The van der Waals surface area contributed by atoms with E-state index in [-0.39, 0.29) is 11.3 Å². The summed E-state index contributed by atoms with van der Waals surface area (Å²) in [5.74, 6) is 0. The van der Waals surface area contributed by atoms with Crippen LogP contribution in [0.2, 0.25) is 0 Å². The van der Waals surface area contributed by atoms with Crippen molar-refractivity contribution in [3.8, 4) is 0 Å². The fraction of sp³-hybridized carbons (Fsp3) is 0.538. The molecule has 0 bridgehead atoms. The molecule has 0 atom stereocenters. The SMILES string of the molecule is CCC(CO)(CO)NS(=O)(=O)c1cc(N)cc(C)c1C. The summed E-state index contributed by atoms with van der Waals surface area (Å²) < 4.78 is 27.3. The maximum absolute atomic E-state index is 12.5. The molecule has 0 amide bonds. The second-order valence-electron chi connectivity index (χ2n) is 5.02. The van der Waals surface area contributed by atoms with Crippen LogP contribution in [0.15, 0.2) is 17.0 Å². The van der Waals surface area contributed by atoms with Crippen LogP contribution < -0.4 is 10.5 Å². The maximum Gasteiger partial charge on any atom is 0.241 e. The molecule has 7 heteroatoms. The molecule has 20 heavy (non-hydrogen) atoms. The summed E-state index contributed by atoms with van der Waals surface area (Å²) in [6, 6.07) is 3.07. The largest absolute Gasteiger partial charge is 0.399 e. The van der Waals surface area contributed by atoms with E-state index in [1.807, 2.05) is 0 Å². The highest BCUT2D eigenvalue weighted by molar-refractivity contribution is 7.89. The molecule has 0 aliphatic rings. The van der Waals surface area contributed by atoms with Crippen molar-refractivity contribution in [3.05, 3.63) is 23.3 Å². The van der Waals surface area contributed by atoms with E-state index in [4.69, 9.17) is 5.73 Å². The van der Waals surface area contributed by atoms with Crippen LogP contribution in [0.5, 0.6) is 0 Å². The zero-order chi connectivity index (χ0) is 15.6. The van der Waals surface area contributed by atoms with Gasteiger partial charge in [0.1, 0.15) is 0 Å². The second kappa shape index (κ2) is 6.09. The number of aliphatic hydroxyl groups is 2. The number of hydrogen-bond acceptors (Lipinski definition) is 5. The summed E-state index contributed by atoms with van der Waals surface area (Å²) in [6.07, 6.45) is 0.263. The van der Waals surface area contributed by atoms with Crippen molar-refractivity contribution in [2.75, 3.05) is 18.9 Å². The number of benzene rings is 1. The second-order valence-corrected chi connectivity index (χ2v) is 6.67. The predicted octanol–water partition coefficient (Wildman–Crippen LogP) is 0.297. The van der Waals surface area contributed by atoms with Crippen molar-refractivity contribution in [2.24, 2.45) is 0 Å². The van der Waals surface area contributed by atoms with Gasteiger partial charge in [-0.3, -0.25) is 0 Å². The van der Waals surface area contributed by atoms with E-state index >= 15 is 0 Å².